The molecule has 0 bridgehead atoms. The number of carbonyl (C=O) groups is 3. The Labute approximate surface area is 284 Å². The van der Waals surface area contributed by atoms with E-state index in [-0.39, 0.29) is 17.5 Å². The van der Waals surface area contributed by atoms with Crippen LogP contribution in [0.3, 0.4) is 0 Å². The standard InChI is InChI=1S/C40H36N4O3S/c1-4-44-36-19-9-8-18-33(36)34-25-31(20-21-37(34)44)41-38(45)27(3)48-32-17-11-16-30(24-32)42-40(47)35(23-28-13-10-12-26(2)22-28)43-39(46)29-14-6-5-7-15-29/h5-25,27H,4H2,1-3H3,(H,41,45)(H,42,47)(H,43,46)/b35-23+. The van der Waals surface area contributed by atoms with Gasteiger partial charge in [0.15, 0.2) is 0 Å². The molecule has 240 valence electrons. The highest BCUT2D eigenvalue weighted by Gasteiger charge is 2.18. The fourth-order valence-electron chi connectivity index (χ4n) is 5.69. The fraction of sp³-hybridized carbons (Fsp3) is 0.125. The highest BCUT2D eigenvalue weighted by molar-refractivity contribution is 8.00. The van der Waals surface area contributed by atoms with E-state index in [1.807, 2.05) is 86.6 Å². The van der Waals surface area contributed by atoms with Crippen molar-refractivity contribution in [1.82, 2.24) is 9.88 Å². The van der Waals surface area contributed by atoms with Crippen LogP contribution in [0.1, 0.15) is 35.3 Å². The van der Waals surface area contributed by atoms with E-state index in [0.29, 0.717) is 11.3 Å². The molecule has 8 heteroatoms. The second-order valence-corrected chi connectivity index (χ2v) is 12.9. The summed E-state index contributed by atoms with van der Waals surface area (Å²) in [6.45, 7) is 6.81. The number of nitrogens with zero attached hydrogens (tertiary/aromatic N) is 1. The largest absolute Gasteiger partial charge is 0.341 e. The molecule has 0 saturated carbocycles. The predicted octanol–water partition coefficient (Wildman–Crippen LogP) is 8.65. The third-order valence-corrected chi connectivity index (χ3v) is 9.11. The first kappa shape index (κ1) is 32.3. The van der Waals surface area contributed by atoms with Gasteiger partial charge in [0.25, 0.3) is 11.8 Å². The third-order valence-electron chi connectivity index (χ3n) is 8.01. The molecule has 0 aliphatic rings. The molecule has 1 heterocycles. The number of benzene rings is 5. The monoisotopic (exact) mass is 652 g/mol. The Hall–Kier alpha value is -5.60. The summed E-state index contributed by atoms with van der Waals surface area (Å²) in [6.07, 6.45) is 1.66. The van der Waals surface area contributed by atoms with Crippen molar-refractivity contribution in [2.24, 2.45) is 0 Å². The van der Waals surface area contributed by atoms with Crippen LogP contribution in [0.4, 0.5) is 11.4 Å². The van der Waals surface area contributed by atoms with Crippen LogP contribution in [0.25, 0.3) is 27.9 Å². The number of carbonyl (C=O) groups excluding carboxylic acids is 3. The maximum absolute atomic E-state index is 13.5. The van der Waals surface area contributed by atoms with Gasteiger partial charge in [0, 0.05) is 50.2 Å². The van der Waals surface area contributed by atoms with Gasteiger partial charge in [-0.05, 0) is 87.0 Å². The predicted molar refractivity (Wildman–Crippen MR) is 197 cm³/mol. The first-order valence-corrected chi connectivity index (χ1v) is 16.7. The third kappa shape index (κ3) is 7.35. The number of amides is 3. The van der Waals surface area contributed by atoms with Crippen LogP contribution in [0.15, 0.2) is 132 Å². The minimum absolute atomic E-state index is 0.110. The molecule has 0 aliphatic heterocycles. The minimum Gasteiger partial charge on any atom is -0.341 e. The molecular formula is C40H36N4O3S. The van der Waals surface area contributed by atoms with Crippen LogP contribution < -0.4 is 16.0 Å². The Bertz CT molecular complexity index is 2170. The van der Waals surface area contributed by atoms with Gasteiger partial charge in [-0.2, -0.15) is 0 Å². The van der Waals surface area contributed by atoms with Crippen LogP contribution in [0, 0.1) is 6.92 Å². The molecule has 48 heavy (non-hydrogen) atoms. The first-order valence-electron chi connectivity index (χ1n) is 15.8. The normalized spacial score (nSPS) is 12.1. The van der Waals surface area contributed by atoms with Crippen LogP contribution >= 0.6 is 11.8 Å². The molecule has 0 spiro atoms. The van der Waals surface area contributed by atoms with Crippen molar-refractivity contribution in [3.05, 3.63) is 144 Å². The Balaban J connectivity index is 1.15. The molecule has 6 aromatic rings. The van der Waals surface area contributed by atoms with Crippen molar-refractivity contribution in [3.8, 4) is 0 Å². The summed E-state index contributed by atoms with van der Waals surface area (Å²) in [7, 11) is 0. The van der Waals surface area contributed by atoms with Gasteiger partial charge >= 0.3 is 0 Å². The van der Waals surface area contributed by atoms with Gasteiger partial charge in [0.2, 0.25) is 5.91 Å². The van der Waals surface area contributed by atoms with Gasteiger partial charge in [-0.25, -0.2) is 0 Å². The second kappa shape index (κ2) is 14.4. The van der Waals surface area contributed by atoms with Gasteiger partial charge in [-0.3, -0.25) is 14.4 Å². The van der Waals surface area contributed by atoms with E-state index in [0.717, 1.165) is 44.5 Å². The number of aryl methyl sites for hydroxylation is 2. The van der Waals surface area contributed by atoms with Gasteiger partial charge in [0.05, 0.1) is 5.25 Å². The molecule has 1 atom stereocenters. The number of nitrogens with one attached hydrogen (secondary N) is 3. The topological polar surface area (TPSA) is 92.2 Å². The number of hydrogen-bond donors (Lipinski definition) is 3. The molecule has 3 amide bonds. The van der Waals surface area contributed by atoms with E-state index in [1.165, 1.54) is 17.3 Å². The summed E-state index contributed by atoms with van der Waals surface area (Å²) >= 11 is 1.39. The number of hydrogen-bond acceptors (Lipinski definition) is 4. The van der Waals surface area contributed by atoms with E-state index in [4.69, 9.17) is 0 Å². The molecular weight excluding hydrogens is 617 g/mol. The summed E-state index contributed by atoms with van der Waals surface area (Å²) < 4.78 is 2.28. The first-order chi connectivity index (χ1) is 23.3. The summed E-state index contributed by atoms with van der Waals surface area (Å²) in [5, 5.41) is 10.6. The van der Waals surface area contributed by atoms with Crippen LogP contribution in [-0.2, 0) is 16.1 Å². The molecule has 6 rings (SSSR count). The molecule has 0 aliphatic carbocycles. The lowest BCUT2D eigenvalue weighted by Crippen LogP contribution is -2.30. The van der Waals surface area contributed by atoms with Crippen molar-refractivity contribution in [2.75, 3.05) is 10.6 Å². The molecule has 5 aromatic carbocycles. The van der Waals surface area contributed by atoms with E-state index in [9.17, 15) is 14.4 Å². The van der Waals surface area contributed by atoms with Gasteiger partial charge in [-0.1, -0.05) is 72.3 Å². The Morgan fingerprint density at radius 1 is 0.750 bits per heavy atom. The van der Waals surface area contributed by atoms with E-state index < -0.39 is 11.2 Å². The van der Waals surface area contributed by atoms with Crippen molar-refractivity contribution < 1.29 is 14.4 Å². The van der Waals surface area contributed by atoms with E-state index >= 15 is 0 Å². The van der Waals surface area contributed by atoms with Crippen molar-refractivity contribution >= 4 is 68.7 Å². The molecule has 1 aromatic heterocycles. The SMILES string of the molecule is CCn1c2ccccc2c2cc(NC(=O)C(C)Sc3cccc(NC(=O)/C(=C\c4cccc(C)c4)NC(=O)c4ccccc4)c3)ccc21. The van der Waals surface area contributed by atoms with Crippen molar-refractivity contribution in [1.29, 1.82) is 0 Å². The summed E-state index contributed by atoms with van der Waals surface area (Å²) in [5.41, 5.74) is 5.96. The summed E-state index contributed by atoms with van der Waals surface area (Å²) in [5.74, 6) is -0.974. The van der Waals surface area contributed by atoms with E-state index in [2.05, 4.69) is 45.6 Å². The maximum atomic E-state index is 13.5. The van der Waals surface area contributed by atoms with Gasteiger partial charge in [0.1, 0.15) is 5.70 Å². The number of aromatic nitrogens is 1. The highest BCUT2D eigenvalue weighted by atomic mass is 32.2. The molecule has 0 fully saturated rings. The minimum atomic E-state index is -0.464. The number of rotatable bonds is 10. The van der Waals surface area contributed by atoms with Gasteiger partial charge in [-0.15, -0.1) is 11.8 Å². The van der Waals surface area contributed by atoms with Crippen molar-refractivity contribution in [2.45, 2.75) is 37.5 Å². The second-order valence-electron chi connectivity index (χ2n) is 11.5. The fourth-order valence-corrected chi connectivity index (χ4v) is 6.61. The molecule has 0 saturated heterocycles. The lowest BCUT2D eigenvalue weighted by molar-refractivity contribution is -0.115. The zero-order valence-corrected chi connectivity index (χ0v) is 27.8. The van der Waals surface area contributed by atoms with Crippen LogP contribution in [0.2, 0.25) is 0 Å². The molecule has 7 nitrogen and oxygen atoms in total. The zero-order chi connectivity index (χ0) is 33.6. The van der Waals surface area contributed by atoms with Crippen LogP contribution in [0.5, 0.6) is 0 Å². The number of anilines is 2. The Morgan fingerprint density at radius 3 is 2.27 bits per heavy atom. The lowest BCUT2D eigenvalue weighted by atomic mass is 10.1. The Morgan fingerprint density at radius 2 is 1.48 bits per heavy atom. The van der Waals surface area contributed by atoms with E-state index in [1.54, 1.807) is 36.4 Å². The molecule has 1 unspecified atom stereocenters. The molecule has 3 N–H and O–H groups in total. The summed E-state index contributed by atoms with van der Waals surface area (Å²) in [6, 6.07) is 38.1. The number of fused-ring (bicyclic) bond motifs is 3. The smallest absolute Gasteiger partial charge is 0.272 e. The quantitative estimate of drug-likeness (QED) is 0.102. The average Bonchev–Trinajstić information content (AvgIpc) is 3.41. The number of para-hydroxylation sites is 1. The zero-order valence-electron chi connectivity index (χ0n) is 27.0. The Kier molecular flexibility index (Phi) is 9.73. The highest BCUT2D eigenvalue weighted by Crippen LogP contribution is 2.32. The summed E-state index contributed by atoms with van der Waals surface area (Å²) in [4.78, 5) is 40.7. The van der Waals surface area contributed by atoms with Crippen LogP contribution in [-0.4, -0.2) is 27.5 Å². The maximum Gasteiger partial charge on any atom is 0.272 e. The molecule has 0 radical (unpaired) electrons. The number of thioether (sulfide) groups is 1. The van der Waals surface area contributed by atoms with Gasteiger partial charge < -0.3 is 20.5 Å². The van der Waals surface area contributed by atoms with Crippen molar-refractivity contribution in [3.63, 3.8) is 0 Å². The lowest BCUT2D eigenvalue weighted by Gasteiger charge is -2.14. The average molecular weight is 653 g/mol.